The number of rotatable bonds is 6. The zero-order valence-electron chi connectivity index (χ0n) is 19.4. The average Bonchev–Trinajstić information content (AvgIpc) is 2.73. The van der Waals surface area contributed by atoms with E-state index in [1.807, 2.05) is 37.8 Å². The van der Waals surface area contributed by atoms with Gasteiger partial charge in [-0.3, -0.25) is 19.4 Å². The molecule has 1 aromatic rings. The number of benzene rings is 1. The molecule has 31 heavy (non-hydrogen) atoms. The van der Waals surface area contributed by atoms with Gasteiger partial charge in [-0.1, -0.05) is 0 Å². The number of ether oxygens (including phenoxy) is 1. The Morgan fingerprint density at radius 2 is 1.42 bits per heavy atom. The molecule has 2 aliphatic rings. The lowest BCUT2D eigenvalue weighted by atomic mass is 10.1. The number of anilines is 1. The van der Waals surface area contributed by atoms with Crippen LogP contribution in [0.25, 0.3) is 0 Å². The van der Waals surface area contributed by atoms with Crippen LogP contribution in [0.4, 0.5) is 5.69 Å². The van der Waals surface area contributed by atoms with Crippen molar-refractivity contribution in [2.45, 2.75) is 26.3 Å². The van der Waals surface area contributed by atoms with Crippen LogP contribution in [0, 0.1) is 0 Å². The van der Waals surface area contributed by atoms with E-state index in [9.17, 15) is 9.59 Å². The highest BCUT2D eigenvalue weighted by atomic mass is 16.5. The molecule has 2 aliphatic heterocycles. The molecule has 0 saturated carbocycles. The van der Waals surface area contributed by atoms with E-state index < -0.39 is 0 Å². The molecule has 1 N–H and O–H groups in total. The molecule has 0 unspecified atom stereocenters. The molecule has 1 aromatic carbocycles. The van der Waals surface area contributed by atoms with Crippen molar-refractivity contribution in [1.29, 1.82) is 0 Å². The number of nitrogens with zero attached hydrogens (tertiary/aromatic N) is 4. The Morgan fingerprint density at radius 3 is 1.97 bits per heavy atom. The second-order valence-corrected chi connectivity index (χ2v) is 9.42. The molecular weight excluding hydrogens is 394 g/mol. The minimum absolute atomic E-state index is 0.0435. The summed E-state index contributed by atoms with van der Waals surface area (Å²) in [6, 6.07) is 8.14. The quantitative estimate of drug-likeness (QED) is 0.721. The molecule has 8 nitrogen and oxygen atoms in total. The Bertz CT molecular complexity index is 731. The summed E-state index contributed by atoms with van der Waals surface area (Å²) in [7, 11) is 1.68. The van der Waals surface area contributed by atoms with Gasteiger partial charge in [-0.05, 0) is 45.0 Å². The second-order valence-electron chi connectivity index (χ2n) is 9.42. The smallest absolute Gasteiger partial charge is 0.236 e. The van der Waals surface area contributed by atoms with Crippen molar-refractivity contribution >= 4 is 17.5 Å². The zero-order chi connectivity index (χ0) is 22.4. The summed E-state index contributed by atoms with van der Waals surface area (Å²) in [6.07, 6.45) is 0. The maximum Gasteiger partial charge on any atom is 0.236 e. The fraction of sp³-hybridized carbons (Fsp3) is 0.652. The van der Waals surface area contributed by atoms with Gasteiger partial charge < -0.3 is 19.9 Å². The van der Waals surface area contributed by atoms with Crippen molar-refractivity contribution in [3.63, 3.8) is 0 Å². The van der Waals surface area contributed by atoms with Gasteiger partial charge in [0.1, 0.15) is 5.75 Å². The molecule has 2 amide bonds. The Morgan fingerprint density at radius 1 is 0.871 bits per heavy atom. The first kappa shape index (κ1) is 23.3. The maximum atomic E-state index is 12.8. The molecule has 0 bridgehead atoms. The van der Waals surface area contributed by atoms with Crippen LogP contribution in [0.1, 0.15) is 20.8 Å². The fourth-order valence-corrected chi connectivity index (χ4v) is 4.06. The number of hydrogen-bond donors (Lipinski definition) is 1. The Hall–Kier alpha value is -2.32. The van der Waals surface area contributed by atoms with E-state index in [0.29, 0.717) is 26.2 Å². The highest BCUT2D eigenvalue weighted by molar-refractivity contribution is 5.79. The average molecular weight is 432 g/mol. The standard InChI is InChI=1S/C23H37N5O3/c1-23(2,3)24-21(29)17-25-11-15-28(16-12-25)22(30)18-26-9-13-27(14-10-26)19-5-7-20(31-4)8-6-19/h5-8H,9-18H2,1-4H3,(H,24,29). The third-order valence-corrected chi connectivity index (χ3v) is 5.78. The summed E-state index contributed by atoms with van der Waals surface area (Å²) in [5.41, 5.74) is 0.977. The summed E-state index contributed by atoms with van der Waals surface area (Å²) in [6.45, 7) is 13.3. The van der Waals surface area contributed by atoms with Crippen LogP contribution in [-0.2, 0) is 9.59 Å². The molecule has 0 aliphatic carbocycles. The predicted octanol–water partition coefficient (Wildman–Crippen LogP) is 0.876. The molecule has 0 spiro atoms. The number of methoxy groups -OCH3 is 1. The van der Waals surface area contributed by atoms with Crippen molar-refractivity contribution in [3.05, 3.63) is 24.3 Å². The lowest BCUT2D eigenvalue weighted by Crippen LogP contribution is -2.55. The SMILES string of the molecule is COc1ccc(N2CCN(CC(=O)N3CCN(CC(=O)NC(C)(C)C)CC3)CC2)cc1. The monoisotopic (exact) mass is 431 g/mol. The molecule has 0 radical (unpaired) electrons. The summed E-state index contributed by atoms with van der Waals surface area (Å²) in [5.74, 6) is 1.10. The Labute approximate surface area is 186 Å². The maximum absolute atomic E-state index is 12.8. The lowest BCUT2D eigenvalue weighted by Gasteiger charge is -2.38. The Balaban J connectivity index is 1.37. The van der Waals surface area contributed by atoms with Gasteiger partial charge in [-0.15, -0.1) is 0 Å². The van der Waals surface area contributed by atoms with Gasteiger partial charge >= 0.3 is 0 Å². The fourth-order valence-electron chi connectivity index (χ4n) is 4.06. The van der Waals surface area contributed by atoms with Crippen LogP contribution >= 0.6 is 0 Å². The first-order valence-electron chi connectivity index (χ1n) is 11.2. The number of carbonyl (C=O) groups is 2. The van der Waals surface area contributed by atoms with Crippen LogP contribution in [0.15, 0.2) is 24.3 Å². The predicted molar refractivity (Wildman–Crippen MR) is 123 cm³/mol. The van der Waals surface area contributed by atoms with Gasteiger partial charge in [0.05, 0.1) is 20.2 Å². The largest absolute Gasteiger partial charge is 0.497 e. The minimum atomic E-state index is -0.216. The summed E-state index contributed by atoms with van der Waals surface area (Å²) >= 11 is 0. The van der Waals surface area contributed by atoms with E-state index in [-0.39, 0.29) is 17.4 Å². The van der Waals surface area contributed by atoms with Crippen molar-refractivity contribution in [2.24, 2.45) is 0 Å². The minimum Gasteiger partial charge on any atom is -0.497 e. The molecule has 2 heterocycles. The number of piperazine rings is 2. The van der Waals surface area contributed by atoms with E-state index >= 15 is 0 Å². The van der Waals surface area contributed by atoms with Crippen LogP contribution in [0.3, 0.4) is 0 Å². The molecule has 2 fully saturated rings. The van der Waals surface area contributed by atoms with E-state index in [2.05, 4.69) is 32.1 Å². The second kappa shape index (κ2) is 10.3. The molecule has 172 valence electrons. The Kier molecular flexibility index (Phi) is 7.78. The molecular formula is C23H37N5O3. The van der Waals surface area contributed by atoms with Crippen LogP contribution in [0.5, 0.6) is 5.75 Å². The molecule has 8 heteroatoms. The zero-order valence-corrected chi connectivity index (χ0v) is 19.4. The van der Waals surface area contributed by atoms with Crippen molar-refractivity contribution in [1.82, 2.24) is 20.0 Å². The highest BCUT2D eigenvalue weighted by Crippen LogP contribution is 2.20. The lowest BCUT2D eigenvalue weighted by molar-refractivity contribution is -0.134. The van der Waals surface area contributed by atoms with Gasteiger partial charge in [0, 0.05) is 63.6 Å². The number of hydrogen-bond acceptors (Lipinski definition) is 6. The number of amides is 2. The van der Waals surface area contributed by atoms with Gasteiger partial charge in [0.2, 0.25) is 11.8 Å². The third-order valence-electron chi connectivity index (χ3n) is 5.78. The van der Waals surface area contributed by atoms with Gasteiger partial charge in [0.25, 0.3) is 0 Å². The first-order valence-corrected chi connectivity index (χ1v) is 11.2. The summed E-state index contributed by atoms with van der Waals surface area (Å²) < 4.78 is 5.23. The summed E-state index contributed by atoms with van der Waals surface area (Å²) in [4.78, 5) is 33.5. The normalized spacial score (nSPS) is 18.7. The highest BCUT2D eigenvalue weighted by Gasteiger charge is 2.26. The third kappa shape index (κ3) is 7.11. The van der Waals surface area contributed by atoms with E-state index in [1.165, 1.54) is 5.69 Å². The van der Waals surface area contributed by atoms with Crippen molar-refractivity contribution in [2.75, 3.05) is 77.5 Å². The van der Waals surface area contributed by atoms with Crippen LogP contribution in [0.2, 0.25) is 0 Å². The summed E-state index contributed by atoms with van der Waals surface area (Å²) in [5, 5.41) is 3.00. The van der Waals surface area contributed by atoms with Gasteiger partial charge in [-0.2, -0.15) is 0 Å². The molecule has 0 aromatic heterocycles. The van der Waals surface area contributed by atoms with E-state index in [1.54, 1.807) is 7.11 Å². The van der Waals surface area contributed by atoms with Crippen molar-refractivity contribution < 1.29 is 14.3 Å². The molecule has 0 atom stereocenters. The van der Waals surface area contributed by atoms with E-state index in [4.69, 9.17) is 4.74 Å². The van der Waals surface area contributed by atoms with Crippen LogP contribution < -0.4 is 15.0 Å². The van der Waals surface area contributed by atoms with Crippen LogP contribution in [-0.4, -0.2) is 105 Å². The molecule has 2 saturated heterocycles. The van der Waals surface area contributed by atoms with Gasteiger partial charge in [-0.25, -0.2) is 0 Å². The van der Waals surface area contributed by atoms with E-state index in [0.717, 1.165) is 45.0 Å². The molecule has 3 rings (SSSR count). The van der Waals surface area contributed by atoms with Crippen molar-refractivity contribution in [3.8, 4) is 5.75 Å². The number of carbonyl (C=O) groups excluding carboxylic acids is 2. The topological polar surface area (TPSA) is 68.4 Å². The first-order chi connectivity index (χ1) is 14.7. The number of nitrogens with one attached hydrogen (secondary N) is 1. The van der Waals surface area contributed by atoms with Gasteiger partial charge in [0.15, 0.2) is 0 Å².